The van der Waals surface area contributed by atoms with Crippen LogP contribution in [-0.2, 0) is 17.8 Å². The van der Waals surface area contributed by atoms with Crippen LogP contribution < -0.4 is 4.74 Å². The molecule has 6 nitrogen and oxygen atoms in total. The molecule has 6 heteroatoms. The van der Waals surface area contributed by atoms with Gasteiger partial charge in [0.2, 0.25) is 5.91 Å². The second-order valence-corrected chi connectivity index (χ2v) is 6.14. The van der Waals surface area contributed by atoms with Crippen LogP contribution in [0.1, 0.15) is 34.4 Å². The normalized spacial score (nSPS) is 11.8. The first kappa shape index (κ1) is 18.6. The van der Waals surface area contributed by atoms with Crippen LogP contribution in [0, 0.1) is 12.8 Å². The lowest BCUT2D eigenvalue weighted by atomic mass is 10.00. The molecule has 0 saturated carbocycles. The van der Waals surface area contributed by atoms with E-state index in [2.05, 4.69) is 0 Å². The first-order valence-electron chi connectivity index (χ1n) is 8.02. The second kappa shape index (κ2) is 7.88. The Balaban J connectivity index is 1.98. The summed E-state index contributed by atoms with van der Waals surface area (Å²) in [6.45, 7) is 3.71. The van der Waals surface area contributed by atoms with Crippen LogP contribution in [-0.4, -0.2) is 36.0 Å². The number of aromatic carboxylic acids is 1. The number of hydrogen-bond donors (Lipinski definition) is 1. The lowest BCUT2D eigenvalue weighted by Crippen LogP contribution is -2.32. The highest BCUT2D eigenvalue weighted by molar-refractivity contribution is 5.88. The second-order valence-electron chi connectivity index (χ2n) is 6.14. The Morgan fingerprint density at radius 1 is 1.28 bits per heavy atom. The Labute approximate surface area is 147 Å². The number of aryl methyl sites for hydroxylation is 1. The monoisotopic (exact) mass is 345 g/mol. The molecule has 25 heavy (non-hydrogen) atoms. The van der Waals surface area contributed by atoms with Gasteiger partial charge in [-0.15, -0.1) is 0 Å². The molecule has 1 unspecified atom stereocenters. The summed E-state index contributed by atoms with van der Waals surface area (Å²) in [5.41, 5.74) is 1.18. The van der Waals surface area contributed by atoms with Gasteiger partial charge >= 0.3 is 5.97 Å². The molecule has 0 spiro atoms. The Morgan fingerprint density at radius 3 is 2.44 bits per heavy atom. The van der Waals surface area contributed by atoms with E-state index in [1.807, 2.05) is 31.2 Å². The van der Waals surface area contributed by atoms with Crippen molar-refractivity contribution in [1.29, 1.82) is 0 Å². The van der Waals surface area contributed by atoms with Crippen LogP contribution in [0.25, 0.3) is 0 Å². The average molecular weight is 345 g/mol. The number of carboxylic acids is 1. The molecule has 0 bridgehead atoms. The van der Waals surface area contributed by atoms with Crippen LogP contribution in [0.2, 0.25) is 0 Å². The number of nitrogens with zero attached hydrogens (tertiary/aromatic N) is 1. The van der Waals surface area contributed by atoms with E-state index in [1.165, 1.54) is 6.07 Å². The maximum absolute atomic E-state index is 12.5. The van der Waals surface area contributed by atoms with Gasteiger partial charge in [-0.3, -0.25) is 4.79 Å². The van der Waals surface area contributed by atoms with Crippen LogP contribution in [0.5, 0.6) is 5.75 Å². The molecule has 1 atom stereocenters. The van der Waals surface area contributed by atoms with E-state index >= 15 is 0 Å². The summed E-state index contributed by atoms with van der Waals surface area (Å²) in [5, 5.41) is 9.06. The van der Waals surface area contributed by atoms with E-state index in [0.717, 1.165) is 11.3 Å². The van der Waals surface area contributed by atoms with E-state index in [9.17, 15) is 9.59 Å². The molecular weight excluding hydrogens is 322 g/mol. The van der Waals surface area contributed by atoms with Gasteiger partial charge in [0.15, 0.2) is 0 Å². The lowest BCUT2D eigenvalue weighted by molar-refractivity contribution is -0.134. The Bertz CT molecular complexity index is 748. The molecule has 1 heterocycles. The van der Waals surface area contributed by atoms with E-state index in [0.29, 0.717) is 17.9 Å². The van der Waals surface area contributed by atoms with Crippen molar-refractivity contribution in [3.05, 3.63) is 53.0 Å². The van der Waals surface area contributed by atoms with Crippen LogP contribution in [0.3, 0.4) is 0 Å². The number of methoxy groups -OCH3 is 1. The lowest BCUT2D eigenvalue weighted by Gasteiger charge is -2.20. The van der Waals surface area contributed by atoms with Gasteiger partial charge in [0, 0.05) is 13.0 Å². The highest BCUT2D eigenvalue weighted by Gasteiger charge is 2.21. The molecule has 1 N–H and O–H groups in total. The molecule has 2 rings (SSSR count). The van der Waals surface area contributed by atoms with E-state index < -0.39 is 5.97 Å². The minimum Gasteiger partial charge on any atom is -0.497 e. The fourth-order valence-corrected chi connectivity index (χ4v) is 2.72. The van der Waals surface area contributed by atoms with E-state index in [-0.39, 0.29) is 23.9 Å². The van der Waals surface area contributed by atoms with Crippen LogP contribution in [0.15, 0.2) is 34.7 Å². The zero-order valence-electron chi connectivity index (χ0n) is 14.9. The standard InChI is InChI=1S/C19H23NO5/c1-12(9-14-5-7-15(24-4)8-6-14)18(21)20(3)11-16-10-17(19(22)23)13(2)25-16/h5-8,10,12H,9,11H2,1-4H3,(H,22,23). The van der Waals surface area contributed by atoms with Gasteiger partial charge in [0.25, 0.3) is 0 Å². The molecule has 0 aliphatic rings. The Kier molecular flexibility index (Phi) is 5.85. The fraction of sp³-hybridized carbons (Fsp3) is 0.368. The van der Waals surface area contributed by atoms with Crippen molar-refractivity contribution in [2.75, 3.05) is 14.2 Å². The van der Waals surface area contributed by atoms with Crippen molar-refractivity contribution in [2.24, 2.45) is 5.92 Å². The highest BCUT2D eigenvalue weighted by Crippen LogP contribution is 2.19. The zero-order chi connectivity index (χ0) is 18.6. The summed E-state index contributed by atoms with van der Waals surface area (Å²) in [5.74, 6) is 0.323. The van der Waals surface area contributed by atoms with Crippen molar-refractivity contribution in [3.8, 4) is 5.75 Å². The van der Waals surface area contributed by atoms with Gasteiger partial charge in [-0.05, 0) is 37.1 Å². The van der Waals surface area contributed by atoms with Crippen molar-refractivity contribution < 1.29 is 23.8 Å². The molecule has 0 aliphatic heterocycles. The van der Waals surface area contributed by atoms with Gasteiger partial charge < -0.3 is 19.2 Å². The molecule has 0 radical (unpaired) electrons. The first-order chi connectivity index (χ1) is 11.8. The number of furan rings is 1. The summed E-state index contributed by atoms with van der Waals surface area (Å²) in [4.78, 5) is 25.2. The van der Waals surface area contributed by atoms with Crippen molar-refractivity contribution >= 4 is 11.9 Å². The highest BCUT2D eigenvalue weighted by atomic mass is 16.5. The largest absolute Gasteiger partial charge is 0.497 e. The average Bonchev–Trinajstić information content (AvgIpc) is 2.95. The van der Waals surface area contributed by atoms with Crippen molar-refractivity contribution in [2.45, 2.75) is 26.8 Å². The maximum Gasteiger partial charge on any atom is 0.339 e. The maximum atomic E-state index is 12.5. The molecule has 0 fully saturated rings. The SMILES string of the molecule is COc1ccc(CC(C)C(=O)N(C)Cc2cc(C(=O)O)c(C)o2)cc1. The molecule has 0 saturated heterocycles. The van der Waals surface area contributed by atoms with Gasteiger partial charge in [0.05, 0.1) is 13.7 Å². The molecular formula is C19H23NO5. The zero-order valence-corrected chi connectivity index (χ0v) is 14.9. The predicted octanol–water partition coefficient (Wildman–Crippen LogP) is 3.13. The first-order valence-corrected chi connectivity index (χ1v) is 8.02. The molecule has 134 valence electrons. The third-order valence-corrected chi connectivity index (χ3v) is 4.09. The van der Waals surface area contributed by atoms with Gasteiger partial charge in [-0.2, -0.15) is 0 Å². The number of hydrogen-bond acceptors (Lipinski definition) is 4. The number of benzene rings is 1. The number of rotatable bonds is 7. The number of amides is 1. The van der Waals surface area contributed by atoms with Crippen molar-refractivity contribution in [1.82, 2.24) is 4.90 Å². The summed E-state index contributed by atoms with van der Waals surface area (Å²) < 4.78 is 10.6. The molecule has 2 aromatic rings. The number of ether oxygens (including phenoxy) is 1. The minimum absolute atomic E-state index is 0.0262. The van der Waals surface area contributed by atoms with Gasteiger partial charge in [0.1, 0.15) is 22.8 Å². The fourth-order valence-electron chi connectivity index (χ4n) is 2.72. The Hall–Kier alpha value is -2.76. The topological polar surface area (TPSA) is 80.0 Å². The quantitative estimate of drug-likeness (QED) is 0.834. The summed E-state index contributed by atoms with van der Waals surface area (Å²) in [6, 6.07) is 9.09. The number of carboxylic acid groups (broad SMARTS) is 1. The predicted molar refractivity (Wildman–Crippen MR) is 92.7 cm³/mol. The molecule has 1 amide bonds. The van der Waals surface area contributed by atoms with Crippen LogP contribution in [0.4, 0.5) is 0 Å². The van der Waals surface area contributed by atoms with Gasteiger partial charge in [-0.25, -0.2) is 4.79 Å². The third kappa shape index (κ3) is 4.62. The number of carbonyl (C=O) groups is 2. The molecule has 1 aromatic carbocycles. The third-order valence-electron chi connectivity index (χ3n) is 4.09. The van der Waals surface area contributed by atoms with E-state index in [1.54, 1.807) is 26.0 Å². The minimum atomic E-state index is -1.03. The summed E-state index contributed by atoms with van der Waals surface area (Å²) in [7, 11) is 3.30. The van der Waals surface area contributed by atoms with Crippen LogP contribution >= 0.6 is 0 Å². The van der Waals surface area contributed by atoms with Crippen molar-refractivity contribution in [3.63, 3.8) is 0 Å². The Morgan fingerprint density at radius 2 is 1.92 bits per heavy atom. The molecule has 0 aliphatic carbocycles. The van der Waals surface area contributed by atoms with Gasteiger partial charge in [-0.1, -0.05) is 19.1 Å². The summed E-state index contributed by atoms with van der Waals surface area (Å²) in [6.07, 6.45) is 0.616. The smallest absolute Gasteiger partial charge is 0.339 e. The summed E-state index contributed by atoms with van der Waals surface area (Å²) >= 11 is 0. The van der Waals surface area contributed by atoms with E-state index in [4.69, 9.17) is 14.3 Å². The number of carbonyl (C=O) groups excluding carboxylic acids is 1. The molecule has 1 aromatic heterocycles.